The van der Waals surface area contributed by atoms with Crippen LogP contribution in [0.5, 0.6) is 5.75 Å². The summed E-state index contributed by atoms with van der Waals surface area (Å²) in [4.78, 5) is 11.4. The second-order valence-electron chi connectivity index (χ2n) is 4.35. The zero-order valence-corrected chi connectivity index (χ0v) is 12.5. The van der Waals surface area contributed by atoms with E-state index in [1.165, 1.54) is 12.1 Å². The monoisotopic (exact) mass is 317 g/mol. The molecule has 1 aromatic rings. The third kappa shape index (κ3) is 3.25. The number of esters is 1. The molecule has 6 nitrogen and oxygen atoms in total. The van der Waals surface area contributed by atoms with Gasteiger partial charge in [-0.2, -0.15) is 11.8 Å². The van der Waals surface area contributed by atoms with Crippen molar-refractivity contribution in [1.29, 1.82) is 0 Å². The standard InChI is InChI=1S/C12H15NO5S2/c1-18-12(15)10-6-9(2-3-11(10)14)20(16,17)13-8-4-5-19-7-8/h2-3,6,8,13-14H,4-5,7H2,1H3. The number of hydrogen-bond acceptors (Lipinski definition) is 6. The van der Waals surface area contributed by atoms with Crippen LogP contribution in [0.1, 0.15) is 16.8 Å². The number of hydrogen-bond donors (Lipinski definition) is 2. The Balaban J connectivity index is 2.29. The van der Waals surface area contributed by atoms with Crippen molar-refractivity contribution in [1.82, 2.24) is 4.72 Å². The maximum Gasteiger partial charge on any atom is 0.341 e. The van der Waals surface area contributed by atoms with Gasteiger partial charge in [-0.25, -0.2) is 17.9 Å². The zero-order valence-electron chi connectivity index (χ0n) is 10.8. The Morgan fingerprint density at radius 3 is 2.85 bits per heavy atom. The number of rotatable bonds is 4. The maximum absolute atomic E-state index is 12.2. The number of aromatic hydroxyl groups is 1. The summed E-state index contributed by atoms with van der Waals surface area (Å²) in [6.07, 6.45) is 0.784. The summed E-state index contributed by atoms with van der Waals surface area (Å²) >= 11 is 1.69. The maximum atomic E-state index is 12.2. The molecule has 0 bridgehead atoms. The van der Waals surface area contributed by atoms with Crippen molar-refractivity contribution in [2.45, 2.75) is 17.4 Å². The van der Waals surface area contributed by atoms with Crippen LogP contribution in [0.2, 0.25) is 0 Å². The second-order valence-corrected chi connectivity index (χ2v) is 7.22. The summed E-state index contributed by atoms with van der Waals surface area (Å²) in [6.45, 7) is 0. The number of phenolic OH excluding ortho intramolecular Hbond substituents is 1. The molecule has 1 saturated heterocycles. The van der Waals surface area contributed by atoms with Gasteiger partial charge in [-0.15, -0.1) is 0 Å². The first-order valence-corrected chi connectivity index (χ1v) is 8.59. The average molecular weight is 317 g/mol. The van der Waals surface area contributed by atoms with Crippen LogP contribution >= 0.6 is 11.8 Å². The first kappa shape index (κ1) is 15.1. The van der Waals surface area contributed by atoms with Gasteiger partial charge in [-0.1, -0.05) is 0 Å². The molecule has 1 atom stereocenters. The lowest BCUT2D eigenvalue weighted by Gasteiger charge is -2.13. The highest BCUT2D eigenvalue weighted by Gasteiger charge is 2.25. The van der Waals surface area contributed by atoms with Crippen LogP contribution in [0.15, 0.2) is 23.1 Å². The van der Waals surface area contributed by atoms with E-state index < -0.39 is 16.0 Å². The molecule has 1 aliphatic rings. The van der Waals surface area contributed by atoms with E-state index in [-0.39, 0.29) is 22.3 Å². The highest BCUT2D eigenvalue weighted by atomic mass is 32.2. The molecule has 0 radical (unpaired) electrons. The molecule has 0 saturated carbocycles. The summed E-state index contributed by atoms with van der Waals surface area (Å²) in [5, 5.41) is 9.57. The molecule has 2 N–H and O–H groups in total. The number of methoxy groups -OCH3 is 1. The third-order valence-corrected chi connectivity index (χ3v) is 5.62. The van der Waals surface area contributed by atoms with Gasteiger partial charge in [0.15, 0.2) is 0 Å². The summed E-state index contributed by atoms with van der Waals surface area (Å²) in [6, 6.07) is 3.45. The quantitative estimate of drug-likeness (QED) is 0.804. The average Bonchev–Trinajstić information content (AvgIpc) is 2.90. The van der Waals surface area contributed by atoms with Gasteiger partial charge in [0.05, 0.1) is 12.0 Å². The smallest absolute Gasteiger partial charge is 0.341 e. The largest absolute Gasteiger partial charge is 0.507 e. The molecule has 0 aliphatic carbocycles. The van der Waals surface area contributed by atoms with Crippen LogP contribution in [-0.4, -0.2) is 44.2 Å². The zero-order chi connectivity index (χ0) is 14.8. The van der Waals surface area contributed by atoms with Gasteiger partial charge in [0.25, 0.3) is 0 Å². The van der Waals surface area contributed by atoms with E-state index in [1.54, 1.807) is 11.8 Å². The van der Waals surface area contributed by atoms with Crippen molar-refractivity contribution in [3.63, 3.8) is 0 Å². The van der Waals surface area contributed by atoms with E-state index in [2.05, 4.69) is 9.46 Å². The fraction of sp³-hybridized carbons (Fsp3) is 0.417. The van der Waals surface area contributed by atoms with E-state index in [1.807, 2.05) is 0 Å². The molecular weight excluding hydrogens is 302 g/mol. The number of ether oxygens (including phenoxy) is 1. The van der Waals surface area contributed by atoms with Crippen molar-refractivity contribution < 1.29 is 23.1 Å². The van der Waals surface area contributed by atoms with Crippen LogP contribution in [0.3, 0.4) is 0 Å². The van der Waals surface area contributed by atoms with Gasteiger partial charge < -0.3 is 9.84 Å². The third-order valence-electron chi connectivity index (χ3n) is 2.94. The minimum absolute atomic E-state index is 0.0624. The lowest BCUT2D eigenvalue weighted by Crippen LogP contribution is -2.34. The number of benzene rings is 1. The summed E-state index contributed by atoms with van der Waals surface area (Å²) in [7, 11) is -2.54. The summed E-state index contributed by atoms with van der Waals surface area (Å²) in [5.41, 5.74) is -0.170. The van der Waals surface area contributed by atoms with E-state index in [9.17, 15) is 18.3 Å². The fourth-order valence-electron chi connectivity index (χ4n) is 1.87. The highest BCUT2D eigenvalue weighted by Crippen LogP contribution is 2.24. The normalized spacial score (nSPS) is 18.9. The van der Waals surface area contributed by atoms with Crippen molar-refractivity contribution in [2.24, 2.45) is 0 Å². The molecule has 0 aromatic heterocycles. The lowest BCUT2D eigenvalue weighted by molar-refractivity contribution is 0.0597. The van der Waals surface area contributed by atoms with E-state index in [0.717, 1.165) is 31.1 Å². The van der Waals surface area contributed by atoms with Crippen molar-refractivity contribution >= 4 is 27.8 Å². The van der Waals surface area contributed by atoms with Crippen LogP contribution in [0.4, 0.5) is 0 Å². The van der Waals surface area contributed by atoms with Crippen LogP contribution in [0.25, 0.3) is 0 Å². The van der Waals surface area contributed by atoms with E-state index >= 15 is 0 Å². The van der Waals surface area contributed by atoms with E-state index in [4.69, 9.17) is 0 Å². The van der Waals surface area contributed by atoms with Crippen LogP contribution in [-0.2, 0) is 14.8 Å². The van der Waals surface area contributed by atoms with Crippen LogP contribution < -0.4 is 4.72 Å². The Morgan fingerprint density at radius 1 is 1.50 bits per heavy atom. The Morgan fingerprint density at radius 2 is 2.25 bits per heavy atom. The molecule has 1 fully saturated rings. The second kappa shape index (κ2) is 6.02. The Bertz CT molecular complexity index is 608. The number of carbonyl (C=O) groups is 1. The van der Waals surface area contributed by atoms with Gasteiger partial charge in [-0.3, -0.25) is 0 Å². The minimum atomic E-state index is -3.71. The van der Waals surface area contributed by atoms with Crippen molar-refractivity contribution in [2.75, 3.05) is 18.6 Å². The first-order chi connectivity index (χ1) is 9.44. The Kier molecular flexibility index (Phi) is 4.56. The van der Waals surface area contributed by atoms with Gasteiger partial charge in [0.1, 0.15) is 11.3 Å². The first-order valence-electron chi connectivity index (χ1n) is 5.95. The molecule has 2 rings (SSSR count). The number of carbonyl (C=O) groups excluding carboxylic acids is 1. The molecule has 20 heavy (non-hydrogen) atoms. The topological polar surface area (TPSA) is 92.7 Å². The predicted octanol–water partition coefficient (Wildman–Crippen LogP) is 0.963. The number of thioether (sulfide) groups is 1. The highest BCUT2D eigenvalue weighted by molar-refractivity contribution is 7.99. The summed E-state index contributed by atoms with van der Waals surface area (Å²) in [5.74, 6) is 0.570. The molecule has 8 heteroatoms. The predicted molar refractivity (Wildman–Crippen MR) is 75.5 cm³/mol. The molecule has 0 spiro atoms. The molecule has 1 heterocycles. The molecule has 110 valence electrons. The molecular formula is C12H15NO5S2. The van der Waals surface area contributed by atoms with Crippen LogP contribution in [0, 0.1) is 0 Å². The summed E-state index contributed by atoms with van der Waals surface area (Å²) < 4.78 is 31.5. The van der Waals surface area contributed by atoms with E-state index in [0.29, 0.717) is 0 Å². The number of sulfonamides is 1. The number of phenols is 1. The van der Waals surface area contributed by atoms with Gasteiger partial charge in [0.2, 0.25) is 10.0 Å². The van der Waals surface area contributed by atoms with Crippen molar-refractivity contribution in [3.8, 4) is 5.75 Å². The number of nitrogens with one attached hydrogen (secondary N) is 1. The van der Waals surface area contributed by atoms with Gasteiger partial charge in [-0.05, 0) is 30.4 Å². The Labute approximate surface area is 121 Å². The molecule has 1 aliphatic heterocycles. The molecule has 1 unspecified atom stereocenters. The lowest BCUT2D eigenvalue weighted by atomic mass is 10.2. The molecule has 1 aromatic carbocycles. The van der Waals surface area contributed by atoms with Gasteiger partial charge in [0, 0.05) is 11.8 Å². The Hall–Kier alpha value is -1.25. The SMILES string of the molecule is COC(=O)c1cc(S(=O)(=O)NC2CCSC2)ccc1O. The minimum Gasteiger partial charge on any atom is -0.507 e. The van der Waals surface area contributed by atoms with Gasteiger partial charge >= 0.3 is 5.97 Å². The fourth-order valence-corrected chi connectivity index (χ4v) is 4.42. The molecule has 0 amide bonds. The van der Waals surface area contributed by atoms with Crippen molar-refractivity contribution in [3.05, 3.63) is 23.8 Å².